The van der Waals surface area contributed by atoms with Gasteiger partial charge in [0.15, 0.2) is 4.96 Å². The number of halogens is 1. The van der Waals surface area contributed by atoms with Crippen molar-refractivity contribution in [3.8, 4) is 11.3 Å². The van der Waals surface area contributed by atoms with Gasteiger partial charge in [-0.3, -0.25) is 9.20 Å². The molecule has 0 aliphatic rings. The largest absolute Gasteiger partial charge is 0.356 e. The number of aromatic nitrogens is 2. The maximum Gasteiger partial charge on any atom is 0.220 e. The highest BCUT2D eigenvalue weighted by Crippen LogP contribution is 2.25. The van der Waals surface area contributed by atoms with Crippen molar-refractivity contribution in [3.63, 3.8) is 0 Å². The van der Waals surface area contributed by atoms with Gasteiger partial charge < -0.3 is 5.32 Å². The predicted molar refractivity (Wildman–Crippen MR) is 90.1 cm³/mol. The fourth-order valence-corrected chi connectivity index (χ4v) is 3.31. The molecule has 0 unspecified atom stereocenters. The average Bonchev–Trinajstić information content (AvgIpc) is 3.12. The molecule has 1 N–H and O–H groups in total. The Labute approximate surface area is 138 Å². The second-order valence-corrected chi connectivity index (χ2v) is 6.17. The fraction of sp³-hybridized carbons (Fsp3) is 0.294. The summed E-state index contributed by atoms with van der Waals surface area (Å²) in [5.41, 5.74) is 2.13. The number of hydrogen-bond acceptors (Lipinski definition) is 3. The summed E-state index contributed by atoms with van der Waals surface area (Å²) in [5.74, 6) is -0.223. The summed E-state index contributed by atoms with van der Waals surface area (Å²) in [6.07, 6.45) is 3.85. The zero-order valence-electron chi connectivity index (χ0n) is 12.9. The molecule has 2 heterocycles. The van der Waals surface area contributed by atoms with Crippen LogP contribution in [0, 0.1) is 5.82 Å². The van der Waals surface area contributed by atoms with Gasteiger partial charge >= 0.3 is 0 Å². The number of amides is 1. The second-order valence-electron chi connectivity index (χ2n) is 5.34. The minimum Gasteiger partial charge on any atom is -0.356 e. The van der Waals surface area contributed by atoms with Gasteiger partial charge in [0.1, 0.15) is 5.82 Å². The first-order chi connectivity index (χ1) is 11.2. The highest BCUT2D eigenvalue weighted by molar-refractivity contribution is 7.15. The molecule has 0 saturated heterocycles. The summed E-state index contributed by atoms with van der Waals surface area (Å²) in [7, 11) is 0. The van der Waals surface area contributed by atoms with Crippen molar-refractivity contribution in [1.29, 1.82) is 0 Å². The molecule has 0 spiro atoms. The first-order valence-corrected chi connectivity index (χ1v) is 8.54. The number of nitrogens with zero attached hydrogens (tertiary/aromatic N) is 2. The number of hydrogen-bond donors (Lipinski definition) is 1. The molecule has 120 valence electrons. The molecule has 0 radical (unpaired) electrons. The number of rotatable bonds is 6. The van der Waals surface area contributed by atoms with Gasteiger partial charge in [0, 0.05) is 35.8 Å². The van der Waals surface area contributed by atoms with Crippen LogP contribution in [0.25, 0.3) is 16.2 Å². The normalized spacial score (nSPS) is 11.0. The third-order valence-corrected chi connectivity index (χ3v) is 4.50. The van der Waals surface area contributed by atoms with Gasteiger partial charge in [-0.25, -0.2) is 9.37 Å². The van der Waals surface area contributed by atoms with Crippen LogP contribution in [-0.4, -0.2) is 21.8 Å². The molecule has 4 nitrogen and oxygen atoms in total. The monoisotopic (exact) mass is 331 g/mol. The zero-order valence-corrected chi connectivity index (χ0v) is 13.7. The predicted octanol–water partition coefficient (Wildman–Crippen LogP) is 3.66. The molecule has 1 aromatic carbocycles. The van der Waals surface area contributed by atoms with Gasteiger partial charge in [-0.1, -0.05) is 19.1 Å². The number of benzene rings is 1. The minimum absolute atomic E-state index is 0.0562. The first kappa shape index (κ1) is 15.7. The summed E-state index contributed by atoms with van der Waals surface area (Å²) in [5, 5.41) is 4.87. The number of nitrogens with one attached hydrogen (secondary N) is 1. The Hall–Kier alpha value is -2.21. The van der Waals surface area contributed by atoms with Gasteiger partial charge in [-0.15, -0.1) is 11.3 Å². The SMILES string of the molecule is CCCNC(=O)CCc1csc2nc(-c3ccccc3F)cn12. The third-order valence-electron chi connectivity index (χ3n) is 3.61. The summed E-state index contributed by atoms with van der Waals surface area (Å²) in [6, 6.07) is 6.61. The van der Waals surface area contributed by atoms with Gasteiger partial charge in [-0.2, -0.15) is 0 Å². The summed E-state index contributed by atoms with van der Waals surface area (Å²) in [6.45, 7) is 2.73. The third kappa shape index (κ3) is 3.42. The molecule has 0 atom stereocenters. The molecule has 0 aliphatic heterocycles. The Kier molecular flexibility index (Phi) is 4.71. The smallest absolute Gasteiger partial charge is 0.220 e. The lowest BCUT2D eigenvalue weighted by Crippen LogP contribution is -2.24. The molecule has 0 aliphatic carbocycles. The highest BCUT2D eigenvalue weighted by atomic mass is 32.1. The van der Waals surface area contributed by atoms with E-state index in [-0.39, 0.29) is 11.7 Å². The van der Waals surface area contributed by atoms with E-state index in [1.807, 2.05) is 22.9 Å². The highest BCUT2D eigenvalue weighted by Gasteiger charge is 2.13. The van der Waals surface area contributed by atoms with Crippen LogP contribution in [0.2, 0.25) is 0 Å². The van der Waals surface area contributed by atoms with Crippen LogP contribution in [0.3, 0.4) is 0 Å². The van der Waals surface area contributed by atoms with E-state index in [0.29, 0.717) is 30.6 Å². The molecule has 1 amide bonds. The molecule has 3 rings (SSSR count). The molecular formula is C17H18FN3OS. The van der Waals surface area contributed by atoms with E-state index < -0.39 is 0 Å². The van der Waals surface area contributed by atoms with Crippen LogP contribution in [0.4, 0.5) is 4.39 Å². The molecule has 3 aromatic rings. The molecule has 2 aromatic heterocycles. The number of fused-ring (bicyclic) bond motifs is 1. The van der Waals surface area contributed by atoms with E-state index in [9.17, 15) is 9.18 Å². The van der Waals surface area contributed by atoms with Crippen molar-refractivity contribution in [2.24, 2.45) is 0 Å². The summed E-state index contributed by atoms with van der Waals surface area (Å²) >= 11 is 1.50. The maximum absolute atomic E-state index is 13.9. The Balaban J connectivity index is 1.78. The summed E-state index contributed by atoms with van der Waals surface area (Å²) in [4.78, 5) is 17.0. The van der Waals surface area contributed by atoms with Crippen LogP contribution in [0.15, 0.2) is 35.8 Å². The average molecular weight is 331 g/mol. The van der Waals surface area contributed by atoms with Crippen LogP contribution >= 0.6 is 11.3 Å². The number of imidazole rings is 1. The van der Waals surface area contributed by atoms with E-state index in [1.165, 1.54) is 17.4 Å². The maximum atomic E-state index is 13.9. The molecule has 0 saturated carbocycles. The van der Waals surface area contributed by atoms with E-state index in [4.69, 9.17) is 0 Å². The van der Waals surface area contributed by atoms with Crippen molar-refractivity contribution in [2.45, 2.75) is 26.2 Å². The van der Waals surface area contributed by atoms with Gasteiger partial charge in [0.25, 0.3) is 0 Å². The standard InChI is InChI=1S/C17H18FN3OS/c1-2-9-19-16(22)8-7-12-11-23-17-20-15(10-21(12)17)13-5-3-4-6-14(13)18/h3-6,10-11H,2,7-9H2,1H3,(H,19,22). The van der Waals surface area contributed by atoms with E-state index >= 15 is 0 Å². The van der Waals surface area contributed by atoms with E-state index in [1.54, 1.807) is 18.2 Å². The molecule has 6 heteroatoms. The zero-order chi connectivity index (χ0) is 16.2. The van der Waals surface area contributed by atoms with Crippen molar-refractivity contribution in [3.05, 3.63) is 47.4 Å². The quantitative estimate of drug-likeness (QED) is 0.749. The number of aryl methyl sites for hydroxylation is 1. The molecule has 23 heavy (non-hydrogen) atoms. The number of carbonyl (C=O) groups excluding carboxylic acids is 1. The van der Waals surface area contributed by atoms with E-state index in [0.717, 1.165) is 17.1 Å². The summed E-state index contributed by atoms with van der Waals surface area (Å²) < 4.78 is 15.8. The second kappa shape index (κ2) is 6.91. The van der Waals surface area contributed by atoms with Crippen LogP contribution < -0.4 is 5.32 Å². The molecule has 0 bridgehead atoms. The van der Waals surface area contributed by atoms with Crippen LogP contribution in [0.1, 0.15) is 25.5 Å². The fourth-order valence-electron chi connectivity index (χ4n) is 2.40. The van der Waals surface area contributed by atoms with Gasteiger partial charge in [-0.05, 0) is 25.0 Å². The first-order valence-electron chi connectivity index (χ1n) is 7.66. The molecular weight excluding hydrogens is 313 g/mol. The lowest BCUT2D eigenvalue weighted by atomic mass is 10.1. The Bertz CT molecular complexity index is 824. The van der Waals surface area contributed by atoms with Crippen molar-refractivity contribution in [2.75, 3.05) is 6.54 Å². The van der Waals surface area contributed by atoms with Gasteiger partial charge in [0.2, 0.25) is 5.91 Å². The van der Waals surface area contributed by atoms with Crippen LogP contribution in [0.5, 0.6) is 0 Å². The van der Waals surface area contributed by atoms with Crippen LogP contribution in [-0.2, 0) is 11.2 Å². The number of carbonyl (C=O) groups is 1. The lowest BCUT2D eigenvalue weighted by molar-refractivity contribution is -0.121. The minimum atomic E-state index is -0.279. The van der Waals surface area contributed by atoms with Gasteiger partial charge in [0.05, 0.1) is 5.69 Å². The Morgan fingerprint density at radius 3 is 3.00 bits per heavy atom. The van der Waals surface area contributed by atoms with E-state index in [2.05, 4.69) is 10.3 Å². The number of thiazole rings is 1. The van der Waals surface area contributed by atoms with Crippen molar-refractivity contribution in [1.82, 2.24) is 14.7 Å². The Morgan fingerprint density at radius 1 is 1.39 bits per heavy atom. The van der Waals surface area contributed by atoms with Crippen molar-refractivity contribution < 1.29 is 9.18 Å². The molecule has 0 fully saturated rings. The topological polar surface area (TPSA) is 46.4 Å². The lowest BCUT2D eigenvalue weighted by Gasteiger charge is -2.02. The Morgan fingerprint density at radius 2 is 2.22 bits per heavy atom. The van der Waals surface area contributed by atoms with Crippen molar-refractivity contribution >= 4 is 22.2 Å².